The van der Waals surface area contributed by atoms with Gasteiger partial charge in [-0.15, -0.1) is 113 Å². The van der Waals surface area contributed by atoms with Crippen molar-refractivity contribution in [2.75, 3.05) is 91.2 Å². The van der Waals surface area contributed by atoms with E-state index in [4.69, 9.17) is 74.3 Å². The molecule has 0 atom stereocenters. The van der Waals surface area contributed by atoms with Crippen molar-refractivity contribution >= 4 is 267 Å². The molecule has 0 saturated carbocycles. The molecule has 0 spiro atoms. The molecule has 141 heavy (non-hydrogen) atoms. The van der Waals surface area contributed by atoms with Crippen molar-refractivity contribution in [3.8, 4) is 106 Å². The van der Waals surface area contributed by atoms with Crippen LogP contribution in [0.25, 0.3) is 161 Å². The SMILES string of the molecule is CCCCCNC(=S)Nc1ccc2nc(-c3cccs3)c(-c3cccs3)nc2c1.CN(C)CCNC(=O)Nc1ccc2nc(-c3cccs3)c(-c3cccs3)nc2c1.CNC(=S)Nc1ccc2nc(-c3cccs3)c(-c3cccs3)nc2c1.CSCCNC(=O)Nc1ccc2nc(-c3cccs3)c(-c3cccs3)nc2c1.O=C(Nc1ccccc1)Nc1ccc2nc(-c3cccs3)c(-c3cccs3)nc2c1. The van der Waals surface area contributed by atoms with Gasteiger partial charge in [0, 0.05) is 73.1 Å². The first-order valence-corrected chi connectivity index (χ1v) is 55.5. The standard InChI is InChI=1S/C23H16N4OS2.C22H22N4S3.C21H21N5OS2.C20H18N4OS3.C18H14N4S3/c28-23(24-15-6-2-1-3-7-15)25-16-10-11-17-18(14-16)27-22(20-9-5-13-30-20)21(26-17)19-8-4-12-29-19;1-2-3-4-11-23-22(27)24-15-9-10-16-17(14-15)26-21(19-8-6-13-29-19)20(25-16)18-7-5-12-28-18;1-26(2)10-9-22-21(27)23-14-7-8-15-16(13-14)25-20(18-6-4-12-29-18)19(24-15)17-5-3-11-28-17;1-26-11-8-21-20(25)22-13-6-7-14-15(12-13)24-19(17-5-3-10-28-17)18(23-14)16-4-2-9-27-16;1-19-18(23)20-11-6-7-12-13(10-11)22-17(15-5-3-9-25-15)16(21-12)14-4-2-8-24-14/h1-14H,(H2,24,25,28);5-10,12-14H,2-4,11H2,1H3,(H2,23,24,27);3-8,11-13H,9-10H2,1-2H3,(H2,22,23,27);2-7,9-10,12H,8,11H2,1H3,(H2,21,22,25);2-10H,1H3,(H2,19,20,23). The number of benzene rings is 6. The first-order valence-electron chi connectivity index (χ1n) is 44.5. The average molecular weight is 2100 g/mol. The minimum Gasteiger partial charge on any atom is -0.366 e. The molecule has 15 aromatic heterocycles. The molecule has 0 unspecified atom stereocenters. The van der Waals surface area contributed by atoms with E-state index >= 15 is 0 Å². The lowest BCUT2D eigenvalue weighted by molar-refractivity contribution is 0.250. The molecule has 24 nitrogen and oxygen atoms in total. The van der Waals surface area contributed by atoms with Crippen LogP contribution in [0.15, 0.2) is 296 Å². The summed E-state index contributed by atoms with van der Waals surface area (Å²) in [4.78, 5) is 98.5. The summed E-state index contributed by atoms with van der Waals surface area (Å²) < 4.78 is 0. The number of amides is 6. The Balaban J connectivity index is 0.000000122. The highest BCUT2D eigenvalue weighted by Crippen LogP contribution is 2.43. The van der Waals surface area contributed by atoms with Crippen LogP contribution in [0, 0.1) is 0 Å². The second-order valence-electron chi connectivity index (χ2n) is 31.2. The summed E-state index contributed by atoms with van der Waals surface area (Å²) in [7, 11) is 5.73. The number of nitrogens with one attached hydrogen (secondary N) is 10. The number of aromatic nitrogens is 10. The third-order valence-corrected chi connectivity index (χ3v) is 30.8. The molecule has 21 aromatic rings. The molecule has 0 bridgehead atoms. The van der Waals surface area contributed by atoms with Gasteiger partial charge in [-0.1, -0.05) is 98.6 Å². The van der Waals surface area contributed by atoms with Crippen molar-refractivity contribution in [2.24, 2.45) is 0 Å². The molecule has 37 heteroatoms. The van der Waals surface area contributed by atoms with Crippen LogP contribution in [0.3, 0.4) is 0 Å². The zero-order chi connectivity index (χ0) is 97.2. The number of thiophene rings is 10. The number of hydrogen-bond acceptors (Lipinski definition) is 27. The van der Waals surface area contributed by atoms with E-state index in [1.807, 2.05) is 246 Å². The van der Waals surface area contributed by atoms with Gasteiger partial charge in [-0.3, -0.25) is 0 Å². The van der Waals surface area contributed by atoms with Gasteiger partial charge in [0.15, 0.2) is 10.2 Å². The van der Waals surface area contributed by atoms with Crippen molar-refractivity contribution in [3.05, 3.63) is 296 Å². The molecule has 10 N–H and O–H groups in total. The second-order valence-corrected chi connectivity index (χ2v) is 42.5. The van der Waals surface area contributed by atoms with E-state index < -0.39 is 0 Å². The van der Waals surface area contributed by atoms with E-state index in [1.54, 1.807) is 132 Å². The van der Waals surface area contributed by atoms with Crippen molar-refractivity contribution in [1.29, 1.82) is 0 Å². The lowest BCUT2D eigenvalue weighted by Crippen LogP contribution is -2.34. The Bertz CT molecular complexity index is 7710. The van der Waals surface area contributed by atoms with E-state index in [-0.39, 0.29) is 18.1 Å². The van der Waals surface area contributed by atoms with Gasteiger partial charge in [0.1, 0.15) is 56.9 Å². The van der Waals surface area contributed by atoms with E-state index in [0.29, 0.717) is 40.4 Å². The number of para-hydroxylation sites is 1. The number of hydrogen-bond donors (Lipinski definition) is 10. The number of unbranched alkanes of at least 4 members (excludes halogenated alkanes) is 2. The summed E-state index contributed by atoms with van der Waals surface area (Å²) >= 11 is 28.9. The van der Waals surface area contributed by atoms with Crippen LogP contribution < -0.4 is 53.2 Å². The van der Waals surface area contributed by atoms with Crippen molar-refractivity contribution in [2.45, 2.75) is 26.2 Å². The number of anilines is 6. The minimum atomic E-state index is -0.304. The molecule has 21 rings (SSSR count). The number of carbonyl (C=O) groups is 3. The maximum atomic E-state index is 12.3. The van der Waals surface area contributed by atoms with E-state index in [9.17, 15) is 14.4 Å². The maximum Gasteiger partial charge on any atom is 0.323 e. The highest BCUT2D eigenvalue weighted by Gasteiger charge is 2.23. The third-order valence-electron chi connectivity index (χ3n) is 20.9. The van der Waals surface area contributed by atoms with E-state index in [1.165, 1.54) is 12.8 Å². The fourth-order valence-corrected chi connectivity index (χ4v) is 22.1. The maximum absolute atomic E-state index is 12.3. The molecule has 0 aliphatic heterocycles. The van der Waals surface area contributed by atoms with Gasteiger partial charge in [0.05, 0.1) is 104 Å². The highest BCUT2D eigenvalue weighted by molar-refractivity contribution is 7.98. The number of nitrogens with zero attached hydrogens (tertiary/aromatic N) is 11. The molecule has 708 valence electrons. The summed E-state index contributed by atoms with van der Waals surface area (Å²) in [6.07, 6.45) is 5.54. The second kappa shape index (κ2) is 49.1. The molecular formula is C104H91N21O3S13. The van der Waals surface area contributed by atoms with Crippen molar-refractivity contribution < 1.29 is 14.4 Å². The van der Waals surface area contributed by atoms with Crippen LogP contribution >= 0.6 is 150 Å². The monoisotopic (exact) mass is 2100 g/mol. The number of thiocarbonyl (C=S) groups is 2. The number of carbonyl (C=O) groups excluding carboxylic acids is 3. The summed E-state index contributed by atoms with van der Waals surface area (Å²) in [5.74, 6) is 0.881. The zero-order valence-electron chi connectivity index (χ0n) is 76.5. The fourth-order valence-electron chi connectivity index (χ4n) is 14.3. The number of thioether (sulfide) groups is 1. The van der Waals surface area contributed by atoms with Crippen LogP contribution in [0.5, 0.6) is 0 Å². The zero-order valence-corrected chi connectivity index (χ0v) is 87.1. The quantitative estimate of drug-likeness (QED) is 0.0178. The van der Waals surface area contributed by atoms with Gasteiger partial charge in [-0.25, -0.2) is 64.2 Å². The van der Waals surface area contributed by atoms with Gasteiger partial charge in [-0.2, -0.15) is 11.8 Å². The molecule has 0 saturated heterocycles. The Hall–Kier alpha value is -13.5. The fraction of sp³-hybridized carbons (Fsp3) is 0.125. The summed E-state index contributed by atoms with van der Waals surface area (Å²) in [6.45, 7) is 5.08. The van der Waals surface area contributed by atoms with Crippen LogP contribution in [-0.4, -0.2) is 142 Å². The number of fused-ring (bicyclic) bond motifs is 5. The predicted octanol–water partition coefficient (Wildman–Crippen LogP) is 28.6. The van der Waals surface area contributed by atoms with Crippen LogP contribution in [0.4, 0.5) is 48.5 Å². The molecular weight excluding hydrogens is 2010 g/mol. The Kier molecular flexibility index (Phi) is 34.5. The Morgan fingerprint density at radius 2 is 0.539 bits per heavy atom. The van der Waals surface area contributed by atoms with Crippen LogP contribution in [0.1, 0.15) is 26.2 Å². The summed E-state index contributed by atoms with van der Waals surface area (Å²) in [5, 5.41) is 51.4. The van der Waals surface area contributed by atoms with E-state index in [0.717, 1.165) is 203 Å². The highest BCUT2D eigenvalue weighted by atomic mass is 32.2. The topological polar surface area (TPSA) is 304 Å². The van der Waals surface area contributed by atoms with Crippen LogP contribution in [-0.2, 0) is 0 Å². The average Bonchev–Trinajstić information content (AvgIpc) is 1.79. The molecule has 6 amide bonds. The molecule has 0 aliphatic rings. The molecule has 0 radical (unpaired) electrons. The Morgan fingerprint density at radius 3 is 0.794 bits per heavy atom. The Morgan fingerprint density at radius 1 is 0.284 bits per heavy atom. The minimum absolute atomic E-state index is 0.213. The first-order chi connectivity index (χ1) is 69.1. The Labute approximate surface area is 868 Å². The predicted molar refractivity (Wildman–Crippen MR) is 610 cm³/mol. The number of rotatable bonds is 26. The van der Waals surface area contributed by atoms with Crippen LogP contribution in [0.2, 0.25) is 0 Å². The normalized spacial score (nSPS) is 10.9. The van der Waals surface area contributed by atoms with Gasteiger partial charge >= 0.3 is 18.1 Å². The molecule has 0 aliphatic carbocycles. The van der Waals surface area contributed by atoms with Gasteiger partial charge in [-0.05, 0) is 269 Å². The van der Waals surface area contributed by atoms with Gasteiger partial charge in [0.2, 0.25) is 0 Å². The molecule has 6 aromatic carbocycles. The summed E-state index contributed by atoms with van der Waals surface area (Å²) in [6, 6.07) is 78.2. The third kappa shape index (κ3) is 26.4. The van der Waals surface area contributed by atoms with Gasteiger partial charge < -0.3 is 58.1 Å². The number of likely N-dealkylation sites (N-methyl/N-ethyl adjacent to an activating group) is 1. The summed E-state index contributed by atoms with van der Waals surface area (Å²) in [5.41, 5.74) is 21.6. The lowest BCUT2D eigenvalue weighted by atomic mass is 10.2. The van der Waals surface area contributed by atoms with Crippen molar-refractivity contribution in [3.63, 3.8) is 0 Å². The molecule has 0 fully saturated rings. The van der Waals surface area contributed by atoms with E-state index in [2.05, 4.69) is 136 Å². The smallest absolute Gasteiger partial charge is 0.323 e. The lowest BCUT2D eigenvalue weighted by Gasteiger charge is -2.12. The number of urea groups is 3. The van der Waals surface area contributed by atoms with Gasteiger partial charge in [0.25, 0.3) is 0 Å². The first kappa shape index (κ1) is 99.1. The largest absolute Gasteiger partial charge is 0.366 e. The molecule has 15 heterocycles. The van der Waals surface area contributed by atoms with Crippen molar-refractivity contribution in [1.82, 2.24) is 76.0 Å².